The Labute approximate surface area is 181 Å². The van der Waals surface area contributed by atoms with Crippen LogP contribution in [0.25, 0.3) is 10.8 Å². The molecule has 7 nitrogen and oxygen atoms in total. The fraction of sp³-hybridized carbons (Fsp3) is 0.333. The normalized spacial score (nSPS) is 10.8. The lowest BCUT2D eigenvalue weighted by molar-refractivity contribution is 0.0698. The van der Waals surface area contributed by atoms with Crippen molar-refractivity contribution in [3.8, 4) is 17.2 Å². The van der Waals surface area contributed by atoms with Gasteiger partial charge in [-0.15, -0.1) is 0 Å². The van der Waals surface area contributed by atoms with E-state index in [2.05, 4.69) is 4.98 Å². The third kappa shape index (κ3) is 5.44. The molecule has 0 spiro atoms. The first-order valence-corrected chi connectivity index (χ1v) is 10.2. The summed E-state index contributed by atoms with van der Waals surface area (Å²) >= 11 is 0. The number of rotatable bonds is 11. The van der Waals surface area contributed by atoms with Crippen LogP contribution in [0.5, 0.6) is 17.2 Å². The summed E-state index contributed by atoms with van der Waals surface area (Å²) in [5.74, 6) is 0.715. The van der Waals surface area contributed by atoms with Gasteiger partial charge in [0.25, 0.3) is 0 Å². The van der Waals surface area contributed by atoms with Gasteiger partial charge in [0.15, 0.2) is 11.5 Å². The Hall–Kier alpha value is -3.32. The number of hydrogen-bond acceptors (Lipinski definition) is 6. The molecule has 3 rings (SSSR count). The minimum Gasteiger partial charge on any atom is -0.494 e. The summed E-state index contributed by atoms with van der Waals surface area (Å²) in [6.07, 6.45) is 1.91. The van der Waals surface area contributed by atoms with E-state index in [4.69, 9.17) is 18.9 Å². The number of aromatic carboxylic acids is 1. The van der Waals surface area contributed by atoms with Crippen molar-refractivity contribution in [1.29, 1.82) is 0 Å². The summed E-state index contributed by atoms with van der Waals surface area (Å²) in [5, 5.41) is 10.9. The van der Waals surface area contributed by atoms with Gasteiger partial charge >= 0.3 is 5.97 Å². The van der Waals surface area contributed by atoms with Crippen molar-refractivity contribution in [3.63, 3.8) is 0 Å². The van der Waals surface area contributed by atoms with Gasteiger partial charge in [0.1, 0.15) is 12.4 Å². The lowest BCUT2D eigenvalue weighted by Gasteiger charge is -2.15. The number of carbonyl (C=O) groups is 1. The molecule has 0 radical (unpaired) electrons. The third-order valence-corrected chi connectivity index (χ3v) is 4.76. The Kier molecular flexibility index (Phi) is 7.67. The first-order valence-electron chi connectivity index (χ1n) is 10.2. The van der Waals surface area contributed by atoms with Gasteiger partial charge in [-0.1, -0.05) is 12.1 Å². The van der Waals surface area contributed by atoms with E-state index in [0.717, 1.165) is 17.0 Å². The summed E-state index contributed by atoms with van der Waals surface area (Å²) in [6, 6.07) is 11.3. The summed E-state index contributed by atoms with van der Waals surface area (Å²) in [7, 11) is 1.55. The predicted molar refractivity (Wildman–Crippen MR) is 118 cm³/mol. The van der Waals surface area contributed by atoms with Gasteiger partial charge in [-0.05, 0) is 43.7 Å². The average Bonchev–Trinajstić information content (AvgIpc) is 2.76. The molecule has 1 N–H and O–H groups in total. The van der Waals surface area contributed by atoms with Gasteiger partial charge in [-0.2, -0.15) is 0 Å². The van der Waals surface area contributed by atoms with Crippen LogP contribution in [0.3, 0.4) is 0 Å². The second kappa shape index (κ2) is 10.6. The molecule has 0 bridgehead atoms. The lowest BCUT2D eigenvalue weighted by Crippen LogP contribution is -2.08. The van der Waals surface area contributed by atoms with Crippen molar-refractivity contribution < 1.29 is 28.8 Å². The quantitative estimate of drug-likeness (QED) is 0.457. The number of aromatic nitrogens is 1. The maximum absolute atomic E-state index is 11.8. The summed E-state index contributed by atoms with van der Waals surface area (Å²) in [5.41, 5.74) is 1.87. The molecule has 0 fully saturated rings. The van der Waals surface area contributed by atoms with E-state index in [-0.39, 0.29) is 5.56 Å². The molecule has 164 valence electrons. The number of pyridine rings is 1. The first-order chi connectivity index (χ1) is 15.1. The van der Waals surface area contributed by atoms with Crippen molar-refractivity contribution >= 4 is 16.7 Å². The number of methoxy groups -OCH3 is 1. The van der Waals surface area contributed by atoms with Gasteiger partial charge in [0, 0.05) is 30.0 Å². The smallest absolute Gasteiger partial charge is 0.337 e. The van der Waals surface area contributed by atoms with Crippen molar-refractivity contribution in [2.24, 2.45) is 0 Å². The second-order valence-corrected chi connectivity index (χ2v) is 6.77. The lowest BCUT2D eigenvalue weighted by atomic mass is 10.00. The molecule has 31 heavy (non-hydrogen) atoms. The molecule has 0 aliphatic heterocycles. The molecule has 0 aliphatic rings. The van der Waals surface area contributed by atoms with Crippen LogP contribution in [0, 0.1) is 0 Å². The van der Waals surface area contributed by atoms with Crippen LogP contribution < -0.4 is 14.2 Å². The molecule has 7 heteroatoms. The maximum Gasteiger partial charge on any atom is 0.337 e. The number of nitrogens with zero attached hydrogens (tertiary/aromatic N) is 1. The second-order valence-electron chi connectivity index (χ2n) is 6.77. The molecule has 1 heterocycles. The Morgan fingerprint density at radius 2 is 1.81 bits per heavy atom. The number of carboxylic acid groups (broad SMARTS) is 1. The van der Waals surface area contributed by atoms with Crippen molar-refractivity contribution in [2.75, 3.05) is 33.5 Å². The van der Waals surface area contributed by atoms with Crippen LogP contribution in [-0.2, 0) is 11.2 Å². The Morgan fingerprint density at radius 3 is 2.52 bits per heavy atom. The summed E-state index contributed by atoms with van der Waals surface area (Å²) < 4.78 is 22.2. The highest BCUT2D eigenvalue weighted by Gasteiger charge is 2.17. The Balaban J connectivity index is 2.03. The highest BCUT2D eigenvalue weighted by Crippen LogP contribution is 2.35. The van der Waals surface area contributed by atoms with Crippen molar-refractivity contribution in [2.45, 2.75) is 20.3 Å². The van der Waals surface area contributed by atoms with E-state index < -0.39 is 5.97 Å². The average molecular weight is 425 g/mol. The first kappa shape index (κ1) is 22.4. The van der Waals surface area contributed by atoms with E-state index in [9.17, 15) is 9.90 Å². The van der Waals surface area contributed by atoms with Crippen LogP contribution in [0.15, 0.2) is 42.6 Å². The van der Waals surface area contributed by atoms with Gasteiger partial charge in [-0.25, -0.2) is 4.79 Å². The molecule has 1 aromatic heterocycles. The van der Waals surface area contributed by atoms with E-state index in [1.54, 1.807) is 19.2 Å². The minimum absolute atomic E-state index is 0.110. The van der Waals surface area contributed by atoms with Crippen LogP contribution >= 0.6 is 0 Å². The maximum atomic E-state index is 11.8. The Bertz CT molecular complexity index is 1050. The molecule has 3 aromatic rings. The highest BCUT2D eigenvalue weighted by atomic mass is 16.5. The van der Waals surface area contributed by atoms with Gasteiger partial charge < -0.3 is 24.1 Å². The molecule has 0 amide bonds. The highest BCUT2D eigenvalue weighted by molar-refractivity contribution is 6.05. The molecule has 0 atom stereocenters. The number of benzene rings is 2. The van der Waals surface area contributed by atoms with E-state index in [1.165, 1.54) is 6.20 Å². The number of ether oxygens (including phenoxy) is 4. The molecular weight excluding hydrogens is 398 g/mol. The molecule has 2 aromatic carbocycles. The van der Waals surface area contributed by atoms with Crippen LogP contribution in [-0.4, -0.2) is 49.6 Å². The fourth-order valence-corrected chi connectivity index (χ4v) is 3.35. The van der Waals surface area contributed by atoms with Crippen LogP contribution in [0.4, 0.5) is 0 Å². The van der Waals surface area contributed by atoms with E-state index >= 15 is 0 Å². The molecule has 0 unspecified atom stereocenters. The zero-order valence-electron chi connectivity index (χ0n) is 18.0. The van der Waals surface area contributed by atoms with Crippen molar-refractivity contribution in [1.82, 2.24) is 4.98 Å². The van der Waals surface area contributed by atoms with Crippen molar-refractivity contribution in [3.05, 3.63) is 59.4 Å². The number of carboxylic acids is 1. The van der Waals surface area contributed by atoms with Gasteiger partial charge in [0.05, 0.1) is 31.6 Å². The topological polar surface area (TPSA) is 87.1 Å². The third-order valence-electron chi connectivity index (χ3n) is 4.76. The fourth-order valence-electron chi connectivity index (χ4n) is 3.35. The number of hydrogen-bond donors (Lipinski definition) is 1. The zero-order valence-corrected chi connectivity index (χ0v) is 18.0. The van der Waals surface area contributed by atoms with E-state index in [0.29, 0.717) is 55.1 Å². The van der Waals surface area contributed by atoms with Crippen LogP contribution in [0.1, 0.15) is 35.5 Å². The predicted octanol–water partition coefficient (Wildman–Crippen LogP) is 4.35. The summed E-state index contributed by atoms with van der Waals surface area (Å²) in [4.78, 5) is 16.3. The standard InChI is InChI=1S/C24H27NO6/c1-4-29-9-10-31-23-13-18-19(14-22(23)28-3)21(25-15-20(18)24(26)27)12-16-7-6-8-17(11-16)30-5-2/h6-8,11,13-15H,4-5,9-10,12H2,1-3H3,(H,26,27). The monoisotopic (exact) mass is 425 g/mol. The number of fused-ring (bicyclic) bond motifs is 1. The molecule has 0 saturated carbocycles. The summed E-state index contributed by atoms with van der Waals surface area (Å²) in [6.45, 7) is 5.80. The zero-order chi connectivity index (χ0) is 22.2. The molecule has 0 saturated heterocycles. The van der Waals surface area contributed by atoms with Gasteiger partial charge in [0.2, 0.25) is 0 Å². The largest absolute Gasteiger partial charge is 0.494 e. The molecular formula is C24H27NO6. The molecule has 0 aliphatic carbocycles. The SMILES string of the molecule is CCOCCOc1cc2c(C(=O)O)cnc(Cc3cccc(OCC)c3)c2cc1OC. The minimum atomic E-state index is -1.05. The Morgan fingerprint density at radius 1 is 1.00 bits per heavy atom. The van der Waals surface area contributed by atoms with Gasteiger partial charge in [-0.3, -0.25) is 4.98 Å². The van der Waals surface area contributed by atoms with Crippen LogP contribution in [0.2, 0.25) is 0 Å². The van der Waals surface area contributed by atoms with E-state index in [1.807, 2.05) is 38.1 Å².